The Morgan fingerprint density at radius 2 is 1.79 bits per heavy atom. The van der Waals surface area contributed by atoms with Crippen molar-refractivity contribution in [2.24, 2.45) is 0 Å². The Morgan fingerprint density at radius 3 is 2.36 bits per heavy atom. The predicted molar refractivity (Wildman–Crippen MR) is 130 cm³/mol. The molecule has 0 saturated carbocycles. The highest BCUT2D eigenvalue weighted by molar-refractivity contribution is 9.11. The second-order valence-corrected chi connectivity index (χ2v) is 9.13. The molecule has 1 heterocycles. The van der Waals surface area contributed by atoms with Crippen molar-refractivity contribution in [3.05, 3.63) is 83.0 Å². The van der Waals surface area contributed by atoms with Gasteiger partial charge in [0.25, 0.3) is 11.6 Å². The lowest BCUT2D eigenvalue weighted by Gasteiger charge is -2.10. The number of carbonyl (C=O) groups excluding carboxylic acids is 2. The van der Waals surface area contributed by atoms with E-state index in [9.17, 15) is 19.7 Å². The smallest absolute Gasteiger partial charge is 0.343 e. The Hall–Kier alpha value is -2.76. The van der Waals surface area contributed by atoms with Crippen molar-refractivity contribution in [1.29, 1.82) is 0 Å². The third-order valence-electron chi connectivity index (χ3n) is 4.56. The maximum atomic E-state index is 12.6. The number of nitrogens with zero attached hydrogens (tertiary/aromatic N) is 3. The van der Waals surface area contributed by atoms with E-state index in [1.165, 1.54) is 16.8 Å². The zero-order valence-electron chi connectivity index (χ0n) is 17.4. The van der Waals surface area contributed by atoms with Gasteiger partial charge in [-0.3, -0.25) is 14.9 Å². The Balaban J connectivity index is 1.66. The summed E-state index contributed by atoms with van der Waals surface area (Å²) in [6, 6.07) is 10.3. The molecule has 1 N–H and O–H groups in total. The van der Waals surface area contributed by atoms with Gasteiger partial charge in [0, 0.05) is 21.1 Å². The second-order valence-electron chi connectivity index (χ2n) is 7.06. The van der Waals surface area contributed by atoms with Crippen LogP contribution in [0.1, 0.15) is 27.2 Å². The average Bonchev–Trinajstić information content (AvgIpc) is 3.03. The van der Waals surface area contributed by atoms with Gasteiger partial charge in [0.2, 0.25) is 0 Å². The predicted octanol–water partition coefficient (Wildman–Crippen LogP) is 5.43. The molecule has 1 aromatic heterocycles. The lowest BCUT2D eigenvalue weighted by molar-refractivity contribution is -0.385. The Labute approximate surface area is 210 Å². The number of rotatable bonds is 7. The molecule has 2 aromatic carbocycles. The number of nitro groups is 1. The lowest BCUT2D eigenvalue weighted by Crippen LogP contribution is -2.21. The Bertz CT molecular complexity index is 1220. The normalized spacial score (nSPS) is 10.7. The summed E-state index contributed by atoms with van der Waals surface area (Å²) in [6.07, 6.45) is 0. The van der Waals surface area contributed by atoms with Gasteiger partial charge in [-0.2, -0.15) is 5.10 Å². The molecule has 172 valence electrons. The summed E-state index contributed by atoms with van der Waals surface area (Å²) >= 11 is 12.7. The van der Waals surface area contributed by atoms with E-state index in [0.717, 1.165) is 11.1 Å². The average molecular weight is 601 g/mol. The second kappa shape index (κ2) is 10.4. The van der Waals surface area contributed by atoms with Crippen LogP contribution >= 0.6 is 43.5 Å². The highest BCUT2D eigenvalue weighted by Crippen LogP contribution is 2.35. The number of carbonyl (C=O) groups is 2. The first kappa shape index (κ1) is 24.9. The van der Waals surface area contributed by atoms with Crippen molar-refractivity contribution in [3.63, 3.8) is 0 Å². The van der Waals surface area contributed by atoms with Gasteiger partial charge < -0.3 is 10.1 Å². The highest BCUT2D eigenvalue weighted by atomic mass is 79.9. The first-order valence-corrected chi connectivity index (χ1v) is 11.4. The zero-order chi connectivity index (χ0) is 24.3. The summed E-state index contributed by atoms with van der Waals surface area (Å²) < 4.78 is 7.19. The topological polar surface area (TPSA) is 116 Å². The molecule has 12 heteroatoms. The summed E-state index contributed by atoms with van der Waals surface area (Å²) in [4.78, 5) is 35.2. The minimum atomic E-state index is -0.787. The SMILES string of the molecule is Cc1ccc(Cn2nc(C)c(C(=O)OCC(=O)Nc3c(Br)cc([N+](=O)[O-])cc3Br)c2Cl)cc1. The summed E-state index contributed by atoms with van der Waals surface area (Å²) in [5.41, 5.74) is 2.64. The molecule has 0 aliphatic carbocycles. The molecule has 1 amide bonds. The van der Waals surface area contributed by atoms with Crippen molar-refractivity contribution in [1.82, 2.24) is 9.78 Å². The third-order valence-corrected chi connectivity index (χ3v) is 6.19. The van der Waals surface area contributed by atoms with Crippen LogP contribution in [0.25, 0.3) is 0 Å². The number of nitro benzene ring substituents is 1. The van der Waals surface area contributed by atoms with Crippen molar-refractivity contribution in [3.8, 4) is 0 Å². The molecule has 0 bridgehead atoms. The minimum Gasteiger partial charge on any atom is -0.452 e. The van der Waals surface area contributed by atoms with Crippen LogP contribution < -0.4 is 5.32 Å². The number of anilines is 1. The van der Waals surface area contributed by atoms with Crippen LogP contribution in [0.3, 0.4) is 0 Å². The fourth-order valence-electron chi connectivity index (χ4n) is 2.92. The number of aromatic nitrogens is 2. The number of hydrogen-bond acceptors (Lipinski definition) is 6. The van der Waals surface area contributed by atoms with Crippen molar-refractivity contribution >= 4 is 66.7 Å². The van der Waals surface area contributed by atoms with Crippen molar-refractivity contribution in [2.45, 2.75) is 20.4 Å². The number of non-ortho nitro benzene ring substituents is 1. The zero-order valence-corrected chi connectivity index (χ0v) is 21.3. The molecule has 0 saturated heterocycles. The van der Waals surface area contributed by atoms with Crippen LogP contribution in [0, 0.1) is 24.0 Å². The van der Waals surface area contributed by atoms with E-state index >= 15 is 0 Å². The van der Waals surface area contributed by atoms with Crippen molar-refractivity contribution < 1.29 is 19.2 Å². The van der Waals surface area contributed by atoms with Gasteiger partial charge in [0.1, 0.15) is 10.7 Å². The van der Waals surface area contributed by atoms with E-state index in [-0.39, 0.29) is 22.1 Å². The van der Waals surface area contributed by atoms with Crippen LogP contribution in [-0.4, -0.2) is 33.2 Å². The van der Waals surface area contributed by atoms with E-state index in [1.807, 2.05) is 31.2 Å². The number of aryl methyl sites for hydroxylation is 2. The number of hydrogen-bond donors (Lipinski definition) is 1. The van der Waals surface area contributed by atoms with Gasteiger partial charge in [-0.05, 0) is 51.3 Å². The van der Waals surface area contributed by atoms with E-state index in [2.05, 4.69) is 42.3 Å². The fourth-order valence-corrected chi connectivity index (χ4v) is 4.59. The largest absolute Gasteiger partial charge is 0.452 e. The van der Waals surface area contributed by atoms with Gasteiger partial charge in [0.15, 0.2) is 6.61 Å². The summed E-state index contributed by atoms with van der Waals surface area (Å²) in [5, 5.41) is 17.9. The monoisotopic (exact) mass is 598 g/mol. The maximum Gasteiger partial charge on any atom is 0.343 e. The molecular weight excluding hydrogens is 584 g/mol. The Kier molecular flexibility index (Phi) is 7.88. The standard InChI is InChI=1S/C21H17Br2ClN4O5/c1-11-3-5-13(6-4-11)9-27-20(24)18(12(2)26-27)21(30)33-10-17(29)25-19-15(22)7-14(28(31)32)8-16(19)23/h3-8H,9-10H2,1-2H3,(H,25,29). The van der Waals surface area contributed by atoms with E-state index in [0.29, 0.717) is 21.2 Å². The van der Waals surface area contributed by atoms with Crippen LogP contribution in [0.4, 0.5) is 11.4 Å². The first-order valence-electron chi connectivity index (χ1n) is 9.45. The first-order chi connectivity index (χ1) is 15.6. The number of nitrogens with one attached hydrogen (secondary N) is 1. The third kappa shape index (κ3) is 5.98. The van der Waals surface area contributed by atoms with Gasteiger partial charge in [0.05, 0.1) is 22.8 Å². The van der Waals surface area contributed by atoms with Gasteiger partial charge >= 0.3 is 5.97 Å². The quantitative estimate of drug-likeness (QED) is 0.220. The number of esters is 1. The molecule has 0 unspecified atom stereocenters. The molecule has 0 aliphatic heterocycles. The summed E-state index contributed by atoms with van der Waals surface area (Å²) in [5.74, 6) is -1.43. The van der Waals surface area contributed by atoms with Gasteiger partial charge in [-0.1, -0.05) is 41.4 Å². The van der Waals surface area contributed by atoms with Gasteiger partial charge in [-0.25, -0.2) is 9.48 Å². The molecule has 9 nitrogen and oxygen atoms in total. The maximum absolute atomic E-state index is 12.6. The van der Waals surface area contributed by atoms with Crippen LogP contribution in [0.2, 0.25) is 5.15 Å². The molecule has 0 fully saturated rings. The summed E-state index contributed by atoms with van der Waals surface area (Å²) in [6.45, 7) is 3.39. The molecule has 3 rings (SSSR count). The van der Waals surface area contributed by atoms with Crippen LogP contribution in [-0.2, 0) is 16.1 Å². The molecule has 3 aromatic rings. The Morgan fingerprint density at radius 1 is 1.18 bits per heavy atom. The molecule has 0 atom stereocenters. The summed E-state index contributed by atoms with van der Waals surface area (Å²) in [7, 11) is 0. The van der Waals surface area contributed by atoms with E-state index in [4.69, 9.17) is 16.3 Å². The number of amides is 1. The van der Waals surface area contributed by atoms with E-state index in [1.54, 1.807) is 6.92 Å². The number of ether oxygens (including phenoxy) is 1. The molecule has 0 radical (unpaired) electrons. The molecular formula is C21H17Br2ClN4O5. The van der Waals surface area contributed by atoms with Gasteiger partial charge in [-0.15, -0.1) is 0 Å². The number of halogens is 3. The highest BCUT2D eigenvalue weighted by Gasteiger charge is 2.23. The molecule has 33 heavy (non-hydrogen) atoms. The van der Waals surface area contributed by atoms with E-state index < -0.39 is 23.4 Å². The molecule has 0 aliphatic rings. The number of benzene rings is 2. The molecule has 0 spiro atoms. The minimum absolute atomic E-state index is 0.0780. The lowest BCUT2D eigenvalue weighted by atomic mass is 10.1. The van der Waals surface area contributed by atoms with Crippen LogP contribution in [0.5, 0.6) is 0 Å². The fraction of sp³-hybridized carbons (Fsp3) is 0.190. The van der Waals surface area contributed by atoms with Crippen molar-refractivity contribution in [2.75, 3.05) is 11.9 Å². The van der Waals surface area contributed by atoms with Crippen LogP contribution in [0.15, 0.2) is 45.3 Å².